The Morgan fingerprint density at radius 2 is 1.83 bits per heavy atom. The molecular formula is C14H18FN3. The van der Waals surface area contributed by atoms with E-state index >= 15 is 0 Å². The average molecular weight is 247 g/mol. The van der Waals surface area contributed by atoms with E-state index in [9.17, 15) is 4.39 Å². The number of nitrogens with zero attached hydrogens (tertiary/aromatic N) is 3. The summed E-state index contributed by atoms with van der Waals surface area (Å²) in [5, 5.41) is 8.89. The molecule has 2 rings (SSSR count). The Labute approximate surface area is 107 Å². The van der Waals surface area contributed by atoms with Crippen LogP contribution in [0.5, 0.6) is 0 Å². The summed E-state index contributed by atoms with van der Waals surface area (Å²) in [4.78, 5) is 4.47. The fourth-order valence-electron chi connectivity index (χ4n) is 2.44. The van der Waals surface area contributed by atoms with Gasteiger partial charge in [0, 0.05) is 30.9 Å². The summed E-state index contributed by atoms with van der Waals surface area (Å²) in [5.41, 5.74) is 1.18. The van der Waals surface area contributed by atoms with Crippen molar-refractivity contribution in [3.05, 3.63) is 29.6 Å². The van der Waals surface area contributed by atoms with Crippen molar-refractivity contribution >= 4 is 5.69 Å². The third-order valence-electron chi connectivity index (χ3n) is 3.74. The number of rotatable bonds is 1. The van der Waals surface area contributed by atoms with E-state index in [1.54, 1.807) is 6.07 Å². The van der Waals surface area contributed by atoms with E-state index in [-0.39, 0.29) is 5.82 Å². The second kappa shape index (κ2) is 4.95. The van der Waals surface area contributed by atoms with Crippen LogP contribution < -0.4 is 4.90 Å². The maximum absolute atomic E-state index is 13.5. The molecule has 3 nitrogen and oxygen atoms in total. The van der Waals surface area contributed by atoms with Crippen molar-refractivity contribution in [2.75, 3.05) is 25.0 Å². The molecule has 18 heavy (non-hydrogen) atoms. The standard InChI is InChI=1S/C14H18FN3/c1-10-8-18(9-11(2)17(10)3)14-5-12(7-16)4-13(15)6-14/h4-6,10-11H,8-9H2,1-3H3. The SMILES string of the molecule is CC1CN(c2cc(F)cc(C#N)c2)CC(C)N1C. The Morgan fingerprint density at radius 1 is 1.22 bits per heavy atom. The number of nitriles is 1. The molecule has 0 aliphatic carbocycles. The molecule has 0 spiro atoms. The molecule has 1 fully saturated rings. The highest BCUT2D eigenvalue weighted by Gasteiger charge is 2.26. The fraction of sp³-hybridized carbons (Fsp3) is 0.500. The molecule has 1 aliphatic heterocycles. The van der Waals surface area contributed by atoms with Crippen LogP contribution in [0.2, 0.25) is 0 Å². The van der Waals surface area contributed by atoms with Crippen LogP contribution in [0.4, 0.5) is 10.1 Å². The van der Waals surface area contributed by atoms with Crippen LogP contribution in [0.25, 0.3) is 0 Å². The molecule has 0 saturated carbocycles. The maximum Gasteiger partial charge on any atom is 0.126 e. The third-order valence-corrected chi connectivity index (χ3v) is 3.74. The van der Waals surface area contributed by atoms with Gasteiger partial charge in [0.1, 0.15) is 5.82 Å². The largest absolute Gasteiger partial charge is 0.368 e. The molecule has 4 heteroatoms. The zero-order chi connectivity index (χ0) is 13.3. The van der Waals surface area contributed by atoms with Crippen molar-refractivity contribution in [1.82, 2.24) is 4.90 Å². The molecule has 2 atom stereocenters. The van der Waals surface area contributed by atoms with Gasteiger partial charge in [-0.25, -0.2) is 4.39 Å². The number of halogens is 1. The van der Waals surface area contributed by atoms with Gasteiger partial charge >= 0.3 is 0 Å². The molecule has 1 aromatic rings. The summed E-state index contributed by atoms with van der Waals surface area (Å²) in [5.74, 6) is -0.344. The number of likely N-dealkylation sites (N-methyl/N-ethyl adjacent to an activating group) is 1. The molecular weight excluding hydrogens is 229 g/mol. The van der Waals surface area contributed by atoms with E-state index in [1.807, 2.05) is 6.07 Å². The van der Waals surface area contributed by atoms with Gasteiger partial charge in [0.05, 0.1) is 11.6 Å². The number of hydrogen-bond donors (Lipinski definition) is 0. The van der Waals surface area contributed by atoms with Crippen molar-refractivity contribution in [1.29, 1.82) is 5.26 Å². The number of piperazine rings is 1. The van der Waals surface area contributed by atoms with Gasteiger partial charge in [-0.15, -0.1) is 0 Å². The average Bonchev–Trinajstić information content (AvgIpc) is 2.34. The van der Waals surface area contributed by atoms with Crippen LogP contribution in [0.1, 0.15) is 19.4 Å². The first-order valence-corrected chi connectivity index (χ1v) is 6.19. The highest BCUT2D eigenvalue weighted by atomic mass is 19.1. The monoisotopic (exact) mass is 247 g/mol. The van der Waals surface area contributed by atoms with E-state index < -0.39 is 0 Å². The lowest BCUT2D eigenvalue weighted by Crippen LogP contribution is -2.55. The second-order valence-electron chi connectivity index (χ2n) is 5.08. The molecule has 1 aromatic carbocycles. The Balaban J connectivity index is 2.27. The zero-order valence-electron chi connectivity index (χ0n) is 11.0. The van der Waals surface area contributed by atoms with Gasteiger partial charge in [0.25, 0.3) is 0 Å². The van der Waals surface area contributed by atoms with Gasteiger partial charge in [0.2, 0.25) is 0 Å². The van der Waals surface area contributed by atoms with Gasteiger partial charge in [-0.3, -0.25) is 4.90 Å². The second-order valence-corrected chi connectivity index (χ2v) is 5.08. The Kier molecular flexibility index (Phi) is 3.53. The van der Waals surface area contributed by atoms with Crippen LogP contribution in [0, 0.1) is 17.1 Å². The molecule has 0 N–H and O–H groups in total. The van der Waals surface area contributed by atoms with Crippen LogP contribution in [0.3, 0.4) is 0 Å². The molecule has 1 aliphatic rings. The summed E-state index contributed by atoms with van der Waals surface area (Å²) in [6, 6.07) is 7.37. The van der Waals surface area contributed by atoms with Crippen molar-refractivity contribution in [3.8, 4) is 6.07 Å². The predicted octanol–water partition coefficient (Wildman–Crippen LogP) is 2.23. The van der Waals surface area contributed by atoms with Crippen LogP contribution in [-0.4, -0.2) is 37.1 Å². The molecule has 0 bridgehead atoms. The van der Waals surface area contributed by atoms with Crippen molar-refractivity contribution in [2.45, 2.75) is 25.9 Å². The van der Waals surface area contributed by atoms with E-state index in [0.717, 1.165) is 18.8 Å². The molecule has 96 valence electrons. The maximum atomic E-state index is 13.5. The zero-order valence-corrected chi connectivity index (χ0v) is 11.0. The Hall–Kier alpha value is -1.60. The third kappa shape index (κ3) is 2.46. The quantitative estimate of drug-likeness (QED) is 0.762. The number of anilines is 1. The van der Waals surface area contributed by atoms with Crippen LogP contribution in [0.15, 0.2) is 18.2 Å². The van der Waals surface area contributed by atoms with E-state index in [2.05, 4.69) is 30.7 Å². The molecule has 1 heterocycles. The summed E-state index contributed by atoms with van der Waals surface area (Å²) >= 11 is 0. The van der Waals surface area contributed by atoms with Crippen LogP contribution in [-0.2, 0) is 0 Å². The van der Waals surface area contributed by atoms with Crippen molar-refractivity contribution in [2.24, 2.45) is 0 Å². The van der Waals surface area contributed by atoms with Crippen LogP contribution >= 0.6 is 0 Å². The first-order valence-electron chi connectivity index (χ1n) is 6.19. The summed E-state index contributed by atoms with van der Waals surface area (Å²) < 4.78 is 13.5. The lowest BCUT2D eigenvalue weighted by Gasteiger charge is -2.43. The molecule has 0 amide bonds. The van der Waals surface area contributed by atoms with Gasteiger partial charge in [0.15, 0.2) is 0 Å². The number of benzene rings is 1. The first-order chi connectivity index (χ1) is 8.51. The minimum Gasteiger partial charge on any atom is -0.368 e. The van der Waals surface area contributed by atoms with Gasteiger partial charge < -0.3 is 4.90 Å². The normalized spacial score (nSPS) is 24.9. The fourth-order valence-corrected chi connectivity index (χ4v) is 2.44. The van der Waals surface area contributed by atoms with E-state index in [0.29, 0.717) is 17.6 Å². The molecule has 0 radical (unpaired) electrons. The Morgan fingerprint density at radius 3 is 2.39 bits per heavy atom. The number of hydrogen-bond acceptors (Lipinski definition) is 3. The summed E-state index contributed by atoms with van der Waals surface area (Å²) in [6.45, 7) is 6.03. The van der Waals surface area contributed by atoms with Gasteiger partial charge in [-0.05, 0) is 39.1 Å². The summed E-state index contributed by atoms with van der Waals surface area (Å²) in [6.07, 6.45) is 0. The minimum absolute atomic E-state index is 0.344. The lowest BCUT2D eigenvalue weighted by atomic mass is 10.1. The first kappa shape index (κ1) is 12.8. The van der Waals surface area contributed by atoms with Gasteiger partial charge in [-0.2, -0.15) is 5.26 Å². The molecule has 1 saturated heterocycles. The topological polar surface area (TPSA) is 30.3 Å². The predicted molar refractivity (Wildman–Crippen MR) is 70.0 cm³/mol. The smallest absolute Gasteiger partial charge is 0.126 e. The molecule has 0 aromatic heterocycles. The summed E-state index contributed by atoms with van der Waals surface area (Å²) in [7, 11) is 2.11. The highest BCUT2D eigenvalue weighted by Crippen LogP contribution is 2.23. The molecule has 2 unspecified atom stereocenters. The van der Waals surface area contributed by atoms with Gasteiger partial charge in [-0.1, -0.05) is 0 Å². The highest BCUT2D eigenvalue weighted by molar-refractivity contribution is 5.52. The Bertz CT molecular complexity index is 468. The van der Waals surface area contributed by atoms with Crippen molar-refractivity contribution in [3.63, 3.8) is 0 Å². The van der Waals surface area contributed by atoms with E-state index in [4.69, 9.17) is 5.26 Å². The van der Waals surface area contributed by atoms with E-state index in [1.165, 1.54) is 12.1 Å². The minimum atomic E-state index is -0.344. The van der Waals surface area contributed by atoms with Crippen molar-refractivity contribution < 1.29 is 4.39 Å². The lowest BCUT2D eigenvalue weighted by molar-refractivity contribution is 0.170.